The van der Waals surface area contributed by atoms with Crippen LogP contribution in [-0.2, 0) is 30.7 Å². The molecule has 1 aliphatic carbocycles. The van der Waals surface area contributed by atoms with Crippen molar-refractivity contribution in [3.05, 3.63) is 124 Å². The molecule has 0 unspecified atom stereocenters. The van der Waals surface area contributed by atoms with Crippen LogP contribution in [0.25, 0.3) is 11.1 Å². The van der Waals surface area contributed by atoms with Gasteiger partial charge in [-0.2, -0.15) is 52.6 Å². The third-order valence-corrected chi connectivity index (χ3v) is 6.19. The quantitative estimate of drug-likeness (QED) is 0.281. The summed E-state index contributed by atoms with van der Waals surface area (Å²) < 4.78 is 2.19. The fraction of sp³-hybridized carbons (Fsp3) is 0.172. The van der Waals surface area contributed by atoms with Crippen LogP contribution < -0.4 is 24.8 Å². The zero-order chi connectivity index (χ0) is 21.5. The topological polar surface area (TPSA) is 0 Å². The number of fused-ring (bicyclic) bond motifs is 3. The second-order valence-electron chi connectivity index (χ2n) is 7.85. The zero-order valence-corrected chi connectivity index (χ0v) is 23.0. The summed E-state index contributed by atoms with van der Waals surface area (Å²) in [6.45, 7) is 8.51. The van der Waals surface area contributed by atoms with Gasteiger partial charge in [0, 0.05) is 0 Å². The smallest absolute Gasteiger partial charge is 0.0253 e. The fourth-order valence-corrected chi connectivity index (χ4v) is 4.09. The molecule has 0 saturated carbocycles. The molecule has 1 aliphatic rings. The van der Waals surface area contributed by atoms with Crippen molar-refractivity contribution in [3.63, 3.8) is 0 Å². The van der Waals surface area contributed by atoms with Gasteiger partial charge < -0.3 is 24.8 Å². The maximum Gasteiger partial charge on any atom is -0.0253 e. The number of halogens is 2. The average Bonchev–Trinajstić information content (AvgIpc) is 3.28. The van der Waals surface area contributed by atoms with Gasteiger partial charge in [0.05, 0.1) is 0 Å². The van der Waals surface area contributed by atoms with Crippen LogP contribution in [0.15, 0.2) is 78.9 Å². The van der Waals surface area contributed by atoms with E-state index in [1.807, 2.05) is 6.07 Å². The molecular formula is C29H28Cl2Zr-2. The summed E-state index contributed by atoms with van der Waals surface area (Å²) in [6.07, 6.45) is 1.05. The number of rotatable bonds is 1. The van der Waals surface area contributed by atoms with E-state index in [0.29, 0.717) is 0 Å². The molecule has 0 bridgehead atoms. The summed E-state index contributed by atoms with van der Waals surface area (Å²) in [5.74, 6) is 0. The largest absolute Gasteiger partial charge is 1.00 e. The Labute approximate surface area is 220 Å². The normalized spacial score (nSPS) is 10.1. The SMILES string of the molecule is Cc1cc(C)c(C)[cH-]1.Cc1ccc([CH]=[Zr+2])cc1.[Cl-].[Cl-].[c-]1cccc2c1Cc1ccccc1-2. The van der Waals surface area contributed by atoms with Crippen LogP contribution in [0, 0.1) is 33.8 Å². The molecule has 3 heteroatoms. The van der Waals surface area contributed by atoms with Crippen molar-refractivity contribution in [2.45, 2.75) is 34.1 Å². The molecule has 0 aliphatic heterocycles. The van der Waals surface area contributed by atoms with Crippen LogP contribution in [0.4, 0.5) is 0 Å². The first kappa shape index (κ1) is 28.4. The van der Waals surface area contributed by atoms with Crippen LogP contribution in [0.2, 0.25) is 0 Å². The summed E-state index contributed by atoms with van der Waals surface area (Å²) in [7, 11) is 0. The molecule has 4 aromatic carbocycles. The molecule has 0 atom stereocenters. The van der Waals surface area contributed by atoms with Crippen molar-refractivity contribution < 1.29 is 49.0 Å². The number of hydrogen-bond donors (Lipinski definition) is 0. The molecule has 164 valence electrons. The molecular weight excluding hydrogens is 510 g/mol. The zero-order valence-electron chi connectivity index (χ0n) is 19.0. The summed E-state index contributed by atoms with van der Waals surface area (Å²) >= 11 is 1.47. The first-order chi connectivity index (χ1) is 14.5. The third kappa shape index (κ3) is 7.73. The minimum absolute atomic E-state index is 0. The Morgan fingerprint density at radius 3 is 2.06 bits per heavy atom. The van der Waals surface area contributed by atoms with E-state index < -0.39 is 0 Å². The van der Waals surface area contributed by atoms with Crippen molar-refractivity contribution in [1.29, 1.82) is 0 Å². The van der Waals surface area contributed by atoms with Crippen molar-refractivity contribution in [1.82, 2.24) is 0 Å². The van der Waals surface area contributed by atoms with Crippen LogP contribution in [0.1, 0.15) is 38.9 Å². The van der Waals surface area contributed by atoms with Gasteiger partial charge >= 0.3 is 70.3 Å². The maximum atomic E-state index is 3.30. The summed E-state index contributed by atoms with van der Waals surface area (Å²) in [5, 5.41) is 0. The minimum atomic E-state index is 0. The fourth-order valence-electron chi connectivity index (χ4n) is 3.61. The molecule has 0 saturated heterocycles. The van der Waals surface area contributed by atoms with Crippen molar-refractivity contribution in [2.24, 2.45) is 0 Å². The van der Waals surface area contributed by atoms with Gasteiger partial charge in [0.25, 0.3) is 0 Å². The average molecular weight is 539 g/mol. The van der Waals surface area contributed by atoms with Crippen LogP contribution in [0.3, 0.4) is 0 Å². The first-order valence-corrected chi connectivity index (χ1v) is 11.8. The van der Waals surface area contributed by atoms with Crippen LogP contribution in [-0.4, -0.2) is 3.71 Å². The van der Waals surface area contributed by atoms with Crippen LogP contribution in [0.5, 0.6) is 0 Å². The van der Waals surface area contributed by atoms with Gasteiger partial charge in [0.15, 0.2) is 0 Å². The van der Waals surface area contributed by atoms with Crippen LogP contribution >= 0.6 is 0 Å². The third-order valence-electron chi connectivity index (χ3n) is 5.37. The maximum absolute atomic E-state index is 3.30. The Morgan fingerprint density at radius 1 is 0.844 bits per heavy atom. The molecule has 0 nitrogen and oxygen atoms in total. The summed E-state index contributed by atoms with van der Waals surface area (Å²) in [6, 6.07) is 31.1. The van der Waals surface area contributed by atoms with E-state index in [2.05, 4.69) is 110 Å². The predicted molar refractivity (Wildman–Crippen MR) is 126 cm³/mol. The van der Waals surface area contributed by atoms with Gasteiger partial charge in [-0.3, -0.25) is 0 Å². The second-order valence-corrected chi connectivity index (χ2v) is 8.56. The standard InChI is InChI=1S/C13H9.C8H11.C8H8.2ClH.Zr/c1-3-7-12-10(5-1)9-11-6-2-4-8-13(11)12;1-6-4-7(2)8(3)5-6;1-7-3-5-8(2)6-4-7;;;/h1-5,7-8H,9H2;4-5H,1-3H3;1,3-6H,2H3;2*1H;/q2*-1;;;;+2/p-2. The van der Waals surface area contributed by atoms with Crippen molar-refractivity contribution in [2.75, 3.05) is 0 Å². The van der Waals surface area contributed by atoms with Gasteiger partial charge in [-0.1, -0.05) is 56.2 Å². The van der Waals surface area contributed by atoms with Gasteiger partial charge in [-0.25, -0.2) is 6.07 Å². The Hall–Kier alpha value is -1.66. The number of hydrogen-bond acceptors (Lipinski definition) is 0. The van der Waals surface area contributed by atoms with Crippen molar-refractivity contribution >= 4 is 3.71 Å². The molecule has 0 spiro atoms. The molecule has 0 amide bonds. The summed E-state index contributed by atoms with van der Waals surface area (Å²) in [5.41, 5.74) is 12.4. The van der Waals surface area contributed by atoms with Gasteiger partial charge in [-0.15, -0.1) is 5.56 Å². The van der Waals surface area contributed by atoms with E-state index in [9.17, 15) is 0 Å². The predicted octanol–water partition coefficient (Wildman–Crippen LogP) is 1.09. The second kappa shape index (κ2) is 13.8. The van der Waals surface area contributed by atoms with E-state index >= 15 is 0 Å². The Morgan fingerprint density at radius 2 is 1.50 bits per heavy atom. The Kier molecular flexibility index (Phi) is 12.2. The van der Waals surface area contributed by atoms with E-state index in [4.69, 9.17) is 0 Å². The van der Waals surface area contributed by atoms with E-state index in [1.165, 1.54) is 74.3 Å². The molecule has 0 N–H and O–H groups in total. The molecule has 0 aromatic heterocycles. The number of benzene rings is 3. The Bertz CT molecular complexity index is 1060. The molecule has 5 rings (SSSR count). The molecule has 0 fully saturated rings. The van der Waals surface area contributed by atoms with Crippen molar-refractivity contribution in [3.8, 4) is 11.1 Å². The van der Waals surface area contributed by atoms with Gasteiger partial charge in [0.2, 0.25) is 0 Å². The first-order valence-electron chi connectivity index (χ1n) is 10.3. The molecule has 0 heterocycles. The molecule has 0 radical (unpaired) electrons. The summed E-state index contributed by atoms with van der Waals surface area (Å²) in [4.78, 5) is 0. The number of aryl methyl sites for hydroxylation is 4. The Balaban J connectivity index is 0.000000242. The monoisotopic (exact) mass is 536 g/mol. The molecule has 4 aromatic rings. The molecule has 32 heavy (non-hydrogen) atoms. The van der Waals surface area contributed by atoms with E-state index in [-0.39, 0.29) is 24.8 Å². The minimum Gasteiger partial charge on any atom is -1.00 e. The van der Waals surface area contributed by atoms with Gasteiger partial charge in [-0.05, 0) is 6.42 Å². The van der Waals surface area contributed by atoms with Gasteiger partial charge in [0.1, 0.15) is 0 Å². The van der Waals surface area contributed by atoms with E-state index in [0.717, 1.165) is 6.42 Å². The van der Waals surface area contributed by atoms with E-state index in [1.54, 1.807) is 0 Å².